The molecule has 0 bridgehead atoms. The summed E-state index contributed by atoms with van der Waals surface area (Å²) in [5, 5.41) is 3.70. The molecule has 1 aromatic heterocycles. The van der Waals surface area contributed by atoms with E-state index in [-0.39, 0.29) is 0 Å². The van der Waals surface area contributed by atoms with Gasteiger partial charge in [-0.15, -0.1) is 11.3 Å². The van der Waals surface area contributed by atoms with Crippen LogP contribution in [0.5, 0.6) is 0 Å². The van der Waals surface area contributed by atoms with E-state index in [4.69, 9.17) is 0 Å². The van der Waals surface area contributed by atoms with E-state index in [1.54, 1.807) is 11.3 Å². The summed E-state index contributed by atoms with van der Waals surface area (Å²) in [6, 6.07) is 0.649. The molecule has 1 saturated carbocycles. The van der Waals surface area contributed by atoms with Gasteiger partial charge < -0.3 is 5.32 Å². The summed E-state index contributed by atoms with van der Waals surface area (Å²) in [4.78, 5) is 5.58. The fourth-order valence-electron chi connectivity index (χ4n) is 2.44. The van der Waals surface area contributed by atoms with Crippen LogP contribution in [0.1, 0.15) is 38.5 Å². The highest BCUT2D eigenvalue weighted by atomic mass is 32.1. The number of hydrogen-bond donors (Lipinski definition) is 1. The van der Waals surface area contributed by atoms with Crippen molar-refractivity contribution >= 4 is 11.3 Å². The van der Waals surface area contributed by atoms with Crippen LogP contribution in [0.2, 0.25) is 0 Å². The summed E-state index contributed by atoms with van der Waals surface area (Å²) in [5.41, 5.74) is 2.49. The molecule has 1 aromatic rings. The molecule has 2 unspecified atom stereocenters. The van der Waals surface area contributed by atoms with E-state index in [1.807, 2.05) is 11.7 Å². The van der Waals surface area contributed by atoms with Crippen LogP contribution in [0.3, 0.4) is 0 Å². The molecular formula is C13H22N2S. The predicted molar refractivity (Wildman–Crippen MR) is 69.8 cm³/mol. The van der Waals surface area contributed by atoms with E-state index in [0.29, 0.717) is 11.5 Å². The summed E-state index contributed by atoms with van der Waals surface area (Å²) in [7, 11) is 0. The molecule has 1 aliphatic rings. The lowest BCUT2D eigenvalue weighted by molar-refractivity contribution is 0.404. The van der Waals surface area contributed by atoms with Gasteiger partial charge in [-0.1, -0.05) is 20.8 Å². The first-order valence-electron chi connectivity index (χ1n) is 6.24. The minimum Gasteiger partial charge on any atom is -0.313 e. The second-order valence-electron chi connectivity index (χ2n) is 5.53. The molecule has 1 aliphatic carbocycles. The summed E-state index contributed by atoms with van der Waals surface area (Å²) < 4.78 is 0. The molecule has 2 rings (SSSR count). The van der Waals surface area contributed by atoms with Gasteiger partial charge in [0.15, 0.2) is 0 Å². The van der Waals surface area contributed by atoms with Crippen molar-refractivity contribution in [2.45, 2.75) is 46.1 Å². The average molecular weight is 238 g/mol. The molecule has 0 aliphatic heterocycles. The SMILES string of the molecule is CCCNC(Cc1cncs1)C1CC1(C)C. The van der Waals surface area contributed by atoms with Gasteiger partial charge in [-0.3, -0.25) is 4.98 Å². The Morgan fingerprint density at radius 3 is 2.88 bits per heavy atom. The Kier molecular flexibility index (Phi) is 3.65. The van der Waals surface area contributed by atoms with Crippen molar-refractivity contribution < 1.29 is 0 Å². The minimum atomic E-state index is 0.552. The van der Waals surface area contributed by atoms with Gasteiger partial charge in [0, 0.05) is 17.1 Å². The largest absolute Gasteiger partial charge is 0.313 e. The predicted octanol–water partition coefficient (Wildman–Crippen LogP) is 3.10. The van der Waals surface area contributed by atoms with E-state index in [1.165, 1.54) is 17.7 Å². The van der Waals surface area contributed by atoms with Gasteiger partial charge in [0.25, 0.3) is 0 Å². The van der Waals surface area contributed by atoms with Gasteiger partial charge in [-0.25, -0.2) is 0 Å². The molecule has 1 fully saturated rings. The van der Waals surface area contributed by atoms with Crippen LogP contribution in [-0.2, 0) is 6.42 Å². The summed E-state index contributed by atoms with van der Waals surface area (Å²) in [6.07, 6.45) is 5.75. The average Bonchev–Trinajstić information content (AvgIpc) is 2.67. The number of hydrogen-bond acceptors (Lipinski definition) is 3. The third kappa shape index (κ3) is 2.83. The number of nitrogens with zero attached hydrogens (tertiary/aromatic N) is 1. The van der Waals surface area contributed by atoms with Crippen molar-refractivity contribution in [1.82, 2.24) is 10.3 Å². The molecule has 90 valence electrons. The van der Waals surface area contributed by atoms with Gasteiger partial charge in [-0.05, 0) is 37.1 Å². The van der Waals surface area contributed by atoms with Crippen molar-refractivity contribution in [2.24, 2.45) is 11.3 Å². The van der Waals surface area contributed by atoms with Crippen LogP contribution in [0, 0.1) is 11.3 Å². The summed E-state index contributed by atoms with van der Waals surface area (Å²) in [6.45, 7) is 8.13. The molecule has 1 N–H and O–H groups in total. The molecule has 0 radical (unpaired) electrons. The maximum absolute atomic E-state index is 4.16. The molecular weight excluding hydrogens is 216 g/mol. The maximum Gasteiger partial charge on any atom is 0.0794 e. The first-order chi connectivity index (χ1) is 7.63. The number of rotatable bonds is 6. The van der Waals surface area contributed by atoms with Crippen LogP contribution in [-0.4, -0.2) is 17.6 Å². The Balaban J connectivity index is 1.93. The summed E-state index contributed by atoms with van der Waals surface area (Å²) >= 11 is 1.78. The van der Waals surface area contributed by atoms with Gasteiger partial charge >= 0.3 is 0 Å². The van der Waals surface area contributed by atoms with Gasteiger partial charge in [0.2, 0.25) is 0 Å². The second kappa shape index (κ2) is 4.84. The van der Waals surface area contributed by atoms with Gasteiger partial charge in [0.1, 0.15) is 0 Å². The molecule has 2 atom stereocenters. The zero-order valence-electron chi connectivity index (χ0n) is 10.5. The first-order valence-corrected chi connectivity index (χ1v) is 7.12. The molecule has 0 amide bonds. The third-order valence-electron chi connectivity index (χ3n) is 3.64. The van der Waals surface area contributed by atoms with E-state index in [2.05, 4.69) is 31.1 Å². The molecule has 2 nitrogen and oxygen atoms in total. The lowest BCUT2D eigenvalue weighted by Crippen LogP contribution is -2.34. The van der Waals surface area contributed by atoms with Crippen LogP contribution >= 0.6 is 11.3 Å². The van der Waals surface area contributed by atoms with E-state index < -0.39 is 0 Å². The summed E-state index contributed by atoms with van der Waals surface area (Å²) in [5.74, 6) is 0.848. The van der Waals surface area contributed by atoms with Crippen LogP contribution in [0.4, 0.5) is 0 Å². The highest BCUT2D eigenvalue weighted by Crippen LogP contribution is 2.54. The zero-order chi connectivity index (χ0) is 11.6. The normalized spacial score (nSPS) is 24.3. The Morgan fingerprint density at radius 2 is 2.38 bits per heavy atom. The van der Waals surface area contributed by atoms with Crippen molar-refractivity contribution in [2.75, 3.05) is 6.54 Å². The fourth-order valence-corrected chi connectivity index (χ4v) is 3.10. The fraction of sp³-hybridized carbons (Fsp3) is 0.769. The van der Waals surface area contributed by atoms with Crippen molar-refractivity contribution in [3.05, 3.63) is 16.6 Å². The Hall–Kier alpha value is -0.410. The van der Waals surface area contributed by atoms with E-state index in [9.17, 15) is 0 Å². The molecule has 16 heavy (non-hydrogen) atoms. The van der Waals surface area contributed by atoms with Crippen LogP contribution in [0.15, 0.2) is 11.7 Å². The lowest BCUT2D eigenvalue weighted by atomic mass is 10.0. The molecule has 3 heteroatoms. The van der Waals surface area contributed by atoms with Crippen LogP contribution < -0.4 is 5.32 Å². The standard InChI is InChI=1S/C13H22N2S/c1-4-5-15-12(11-7-13(11,2)3)6-10-8-14-9-16-10/h8-9,11-12,15H,4-7H2,1-3H3. The highest BCUT2D eigenvalue weighted by molar-refractivity contribution is 7.09. The number of nitrogens with one attached hydrogen (secondary N) is 1. The molecule has 0 aromatic carbocycles. The quantitative estimate of drug-likeness (QED) is 0.824. The van der Waals surface area contributed by atoms with E-state index in [0.717, 1.165) is 18.9 Å². The molecule has 0 saturated heterocycles. The van der Waals surface area contributed by atoms with Gasteiger partial charge in [-0.2, -0.15) is 0 Å². The maximum atomic E-state index is 4.16. The monoisotopic (exact) mass is 238 g/mol. The third-order valence-corrected chi connectivity index (χ3v) is 4.44. The Bertz CT molecular complexity index is 319. The zero-order valence-corrected chi connectivity index (χ0v) is 11.3. The topological polar surface area (TPSA) is 24.9 Å². The molecule has 0 spiro atoms. The Labute approximate surface area is 102 Å². The molecule has 1 heterocycles. The van der Waals surface area contributed by atoms with Crippen molar-refractivity contribution in [1.29, 1.82) is 0 Å². The van der Waals surface area contributed by atoms with Crippen molar-refractivity contribution in [3.63, 3.8) is 0 Å². The minimum absolute atomic E-state index is 0.552. The Morgan fingerprint density at radius 1 is 1.62 bits per heavy atom. The highest BCUT2D eigenvalue weighted by Gasteiger charge is 2.49. The van der Waals surface area contributed by atoms with Crippen LogP contribution in [0.25, 0.3) is 0 Å². The van der Waals surface area contributed by atoms with Crippen molar-refractivity contribution in [3.8, 4) is 0 Å². The first kappa shape index (κ1) is 12.1. The van der Waals surface area contributed by atoms with Gasteiger partial charge in [0.05, 0.1) is 5.51 Å². The van der Waals surface area contributed by atoms with E-state index >= 15 is 0 Å². The number of aromatic nitrogens is 1. The second-order valence-corrected chi connectivity index (χ2v) is 6.50. The number of thiazole rings is 1. The smallest absolute Gasteiger partial charge is 0.0794 e. The lowest BCUT2D eigenvalue weighted by Gasteiger charge is -2.19.